The number of H-pyrrole nitrogens is 1. The number of aryl methyl sites for hydroxylation is 1. The third-order valence-corrected chi connectivity index (χ3v) is 3.42. The molecule has 0 radical (unpaired) electrons. The summed E-state index contributed by atoms with van der Waals surface area (Å²) in [4.78, 5) is 16.1. The third-order valence-electron chi connectivity index (χ3n) is 3.16. The van der Waals surface area contributed by atoms with Crippen LogP contribution in [0.4, 0.5) is 0 Å². The number of hydrogen-bond donors (Lipinski definition) is 1. The summed E-state index contributed by atoms with van der Waals surface area (Å²) < 4.78 is 1.45. The van der Waals surface area contributed by atoms with Gasteiger partial charge in [-0.25, -0.2) is 9.67 Å². The van der Waals surface area contributed by atoms with E-state index in [0.29, 0.717) is 10.8 Å². The van der Waals surface area contributed by atoms with Gasteiger partial charge in [0.15, 0.2) is 5.82 Å². The smallest absolute Gasteiger partial charge is 0.272 e. The molecule has 0 saturated heterocycles. The molecule has 0 unspecified atom stereocenters. The normalized spacial score (nSPS) is 16.3. The second-order valence-corrected chi connectivity index (χ2v) is 5.34. The molecule has 1 aromatic heterocycles. The third kappa shape index (κ3) is 3.06. The highest BCUT2D eigenvalue weighted by Crippen LogP contribution is 2.19. The van der Waals surface area contributed by atoms with Crippen LogP contribution in [0, 0.1) is 6.92 Å². The van der Waals surface area contributed by atoms with Gasteiger partial charge >= 0.3 is 0 Å². The maximum Gasteiger partial charge on any atom is 0.272 e. The highest BCUT2D eigenvalue weighted by Gasteiger charge is 2.08. The van der Waals surface area contributed by atoms with Gasteiger partial charge < -0.3 is 0 Å². The number of rotatable bonds is 2. The van der Waals surface area contributed by atoms with Crippen molar-refractivity contribution in [1.29, 1.82) is 0 Å². The molecule has 4 nitrogen and oxygen atoms in total. The maximum atomic E-state index is 11.8. The van der Waals surface area contributed by atoms with Crippen molar-refractivity contribution in [2.24, 2.45) is 4.99 Å². The summed E-state index contributed by atoms with van der Waals surface area (Å²) in [7, 11) is 0. The lowest BCUT2D eigenvalue weighted by molar-refractivity contribution is 0.839. The summed E-state index contributed by atoms with van der Waals surface area (Å²) >= 11 is 5.88. The number of halogens is 1. The van der Waals surface area contributed by atoms with Crippen molar-refractivity contribution >= 4 is 29.7 Å². The molecule has 2 heterocycles. The monoisotopic (exact) mass is 299 g/mol. The molecular formula is C16H14ClN3O. The summed E-state index contributed by atoms with van der Waals surface area (Å²) in [5.41, 5.74) is 2.85. The molecule has 0 fully saturated rings. The SMILES string of the molecule is Cc1cc(=O)n(C2=CC(=Cc3ccc(Cl)cc3)CC=N2)[nH]1. The number of nitrogens with zero attached hydrogens (tertiary/aromatic N) is 2. The Balaban J connectivity index is 1.95. The summed E-state index contributed by atoms with van der Waals surface area (Å²) in [6.07, 6.45) is 6.51. The Labute approximate surface area is 127 Å². The molecule has 1 N–H and O–H groups in total. The fourth-order valence-electron chi connectivity index (χ4n) is 2.19. The molecule has 0 aliphatic carbocycles. The highest BCUT2D eigenvalue weighted by molar-refractivity contribution is 6.30. The summed E-state index contributed by atoms with van der Waals surface area (Å²) in [5.74, 6) is 0.597. The molecule has 5 heteroatoms. The minimum absolute atomic E-state index is 0.108. The molecule has 0 bridgehead atoms. The molecule has 3 rings (SSSR count). The van der Waals surface area contributed by atoms with Crippen molar-refractivity contribution in [2.75, 3.05) is 0 Å². The summed E-state index contributed by atoms with van der Waals surface area (Å²) in [6, 6.07) is 9.18. The second kappa shape index (κ2) is 5.58. The molecule has 0 saturated carbocycles. The second-order valence-electron chi connectivity index (χ2n) is 4.90. The number of hydrogen-bond acceptors (Lipinski definition) is 2. The first kappa shape index (κ1) is 13.6. The Kier molecular flexibility index (Phi) is 3.62. The van der Waals surface area contributed by atoms with E-state index in [0.717, 1.165) is 23.3 Å². The first-order valence-corrected chi connectivity index (χ1v) is 6.99. The number of aliphatic imine (C=N–C) groups is 1. The van der Waals surface area contributed by atoms with E-state index in [1.54, 1.807) is 12.3 Å². The molecular weight excluding hydrogens is 286 g/mol. The number of nitrogens with one attached hydrogen (secondary N) is 1. The average molecular weight is 300 g/mol. The molecule has 21 heavy (non-hydrogen) atoms. The maximum absolute atomic E-state index is 11.8. The number of aromatic amines is 1. The zero-order chi connectivity index (χ0) is 14.8. The minimum Gasteiger partial charge on any atom is -0.294 e. The van der Waals surface area contributed by atoms with Gasteiger partial charge in [0.25, 0.3) is 5.56 Å². The number of aromatic nitrogens is 2. The predicted octanol–water partition coefficient (Wildman–Crippen LogP) is 3.49. The van der Waals surface area contributed by atoms with E-state index in [1.807, 2.05) is 37.3 Å². The van der Waals surface area contributed by atoms with Gasteiger partial charge in [-0.05, 0) is 36.3 Å². The fourth-order valence-corrected chi connectivity index (χ4v) is 2.31. The number of allylic oxidation sites excluding steroid dienone is 2. The Morgan fingerprint density at radius 2 is 2.10 bits per heavy atom. The molecule has 2 aromatic rings. The zero-order valence-electron chi connectivity index (χ0n) is 11.5. The van der Waals surface area contributed by atoms with Crippen LogP contribution >= 0.6 is 11.6 Å². The lowest BCUT2D eigenvalue weighted by Crippen LogP contribution is -2.15. The topological polar surface area (TPSA) is 50.1 Å². The Morgan fingerprint density at radius 3 is 2.76 bits per heavy atom. The summed E-state index contributed by atoms with van der Waals surface area (Å²) in [5, 5.41) is 3.70. The van der Waals surface area contributed by atoms with Crippen LogP contribution in [0.3, 0.4) is 0 Å². The van der Waals surface area contributed by atoms with Gasteiger partial charge in [-0.3, -0.25) is 9.89 Å². The Hall–Kier alpha value is -2.33. The highest BCUT2D eigenvalue weighted by atomic mass is 35.5. The summed E-state index contributed by atoms with van der Waals surface area (Å²) in [6.45, 7) is 1.84. The van der Waals surface area contributed by atoms with E-state index in [-0.39, 0.29) is 5.56 Å². The van der Waals surface area contributed by atoms with Crippen molar-refractivity contribution < 1.29 is 0 Å². The quantitative estimate of drug-likeness (QED) is 0.906. The van der Waals surface area contributed by atoms with Crippen LogP contribution < -0.4 is 5.56 Å². The van der Waals surface area contributed by atoms with Gasteiger partial charge in [0.1, 0.15) is 0 Å². The lowest BCUT2D eigenvalue weighted by atomic mass is 10.1. The van der Waals surface area contributed by atoms with Gasteiger partial charge in [0, 0.05) is 29.4 Å². The van der Waals surface area contributed by atoms with Crippen LogP contribution in [0.5, 0.6) is 0 Å². The van der Waals surface area contributed by atoms with Crippen LogP contribution in [-0.2, 0) is 0 Å². The largest absolute Gasteiger partial charge is 0.294 e. The first-order chi connectivity index (χ1) is 10.1. The fraction of sp³-hybridized carbons (Fsp3) is 0.125. The van der Waals surface area contributed by atoms with Crippen LogP contribution in [0.15, 0.2) is 51.8 Å². The van der Waals surface area contributed by atoms with E-state index in [1.165, 1.54) is 4.68 Å². The van der Waals surface area contributed by atoms with Gasteiger partial charge in [-0.15, -0.1) is 0 Å². The molecule has 106 valence electrons. The Bertz CT molecular complexity index is 807. The first-order valence-electron chi connectivity index (χ1n) is 6.61. The van der Waals surface area contributed by atoms with Gasteiger partial charge in [-0.1, -0.05) is 29.8 Å². The molecule has 0 amide bonds. The zero-order valence-corrected chi connectivity index (χ0v) is 12.3. The standard InChI is InChI=1S/C16H14ClN3O/c1-11-8-16(21)20(19-11)15-10-13(6-7-18-15)9-12-2-4-14(17)5-3-12/h2-5,7-10,19H,6H2,1H3. The number of benzene rings is 1. The van der Waals surface area contributed by atoms with E-state index in [4.69, 9.17) is 11.6 Å². The van der Waals surface area contributed by atoms with E-state index in [9.17, 15) is 4.79 Å². The lowest BCUT2D eigenvalue weighted by Gasteiger charge is -2.09. The van der Waals surface area contributed by atoms with Gasteiger partial charge in [0.05, 0.1) is 0 Å². The van der Waals surface area contributed by atoms with Crippen LogP contribution in [0.25, 0.3) is 11.9 Å². The Morgan fingerprint density at radius 1 is 1.33 bits per heavy atom. The van der Waals surface area contributed by atoms with Crippen molar-refractivity contribution in [1.82, 2.24) is 9.78 Å². The van der Waals surface area contributed by atoms with Crippen molar-refractivity contribution in [3.05, 3.63) is 68.6 Å². The predicted molar refractivity (Wildman–Crippen MR) is 86.6 cm³/mol. The molecule has 1 aliphatic heterocycles. The van der Waals surface area contributed by atoms with E-state index < -0.39 is 0 Å². The molecule has 1 aromatic carbocycles. The minimum atomic E-state index is -0.108. The van der Waals surface area contributed by atoms with Crippen molar-refractivity contribution in [3.63, 3.8) is 0 Å². The average Bonchev–Trinajstić information content (AvgIpc) is 2.81. The van der Waals surface area contributed by atoms with Crippen LogP contribution in [0.1, 0.15) is 17.7 Å². The van der Waals surface area contributed by atoms with Crippen molar-refractivity contribution in [2.45, 2.75) is 13.3 Å². The van der Waals surface area contributed by atoms with Gasteiger partial charge in [-0.2, -0.15) is 0 Å². The van der Waals surface area contributed by atoms with Crippen molar-refractivity contribution in [3.8, 4) is 0 Å². The van der Waals surface area contributed by atoms with Gasteiger partial charge in [0.2, 0.25) is 0 Å². The molecule has 0 atom stereocenters. The molecule has 0 spiro atoms. The van der Waals surface area contributed by atoms with E-state index >= 15 is 0 Å². The van der Waals surface area contributed by atoms with Crippen LogP contribution in [0.2, 0.25) is 5.02 Å². The van der Waals surface area contributed by atoms with E-state index in [2.05, 4.69) is 16.2 Å². The van der Waals surface area contributed by atoms with Crippen LogP contribution in [-0.4, -0.2) is 16.0 Å². The molecule has 1 aliphatic rings.